The highest BCUT2D eigenvalue weighted by molar-refractivity contribution is 7.09. The van der Waals surface area contributed by atoms with Crippen molar-refractivity contribution in [2.45, 2.75) is 26.3 Å². The van der Waals surface area contributed by atoms with Crippen LogP contribution < -0.4 is 5.32 Å². The molecule has 21 heavy (non-hydrogen) atoms. The van der Waals surface area contributed by atoms with Crippen LogP contribution in [0.25, 0.3) is 6.08 Å². The van der Waals surface area contributed by atoms with E-state index in [2.05, 4.69) is 10.3 Å². The molecule has 1 aromatic carbocycles. The van der Waals surface area contributed by atoms with Gasteiger partial charge in [-0.05, 0) is 37.1 Å². The molecule has 2 aromatic rings. The van der Waals surface area contributed by atoms with Crippen LogP contribution in [0.5, 0.6) is 0 Å². The van der Waals surface area contributed by atoms with E-state index >= 15 is 0 Å². The maximum Gasteiger partial charge on any atom is 0.244 e. The van der Waals surface area contributed by atoms with Gasteiger partial charge in [0.25, 0.3) is 0 Å². The predicted molar refractivity (Wildman–Crippen MR) is 83.5 cm³/mol. The molecule has 0 bridgehead atoms. The first kappa shape index (κ1) is 15.4. The van der Waals surface area contributed by atoms with Crippen LogP contribution in [0, 0.1) is 12.7 Å². The predicted octanol–water partition coefficient (Wildman–Crippen LogP) is 3.87. The van der Waals surface area contributed by atoms with Crippen molar-refractivity contribution in [3.8, 4) is 0 Å². The summed E-state index contributed by atoms with van der Waals surface area (Å²) < 4.78 is 12.8. The molecule has 0 aliphatic carbocycles. The van der Waals surface area contributed by atoms with Gasteiger partial charge in [-0.1, -0.05) is 19.1 Å². The van der Waals surface area contributed by atoms with Gasteiger partial charge in [0.1, 0.15) is 10.8 Å². The summed E-state index contributed by atoms with van der Waals surface area (Å²) in [7, 11) is 0. The molecule has 0 saturated heterocycles. The Morgan fingerprint density at radius 1 is 1.43 bits per heavy atom. The van der Waals surface area contributed by atoms with Crippen LogP contribution in [0.15, 0.2) is 35.7 Å². The molecule has 1 atom stereocenters. The molecular weight excluding hydrogens is 287 g/mol. The normalized spacial score (nSPS) is 12.5. The van der Waals surface area contributed by atoms with E-state index in [0.717, 1.165) is 22.7 Å². The maximum atomic E-state index is 12.8. The topological polar surface area (TPSA) is 42.0 Å². The van der Waals surface area contributed by atoms with Crippen molar-refractivity contribution in [3.63, 3.8) is 0 Å². The molecule has 110 valence electrons. The molecule has 0 saturated carbocycles. The van der Waals surface area contributed by atoms with Gasteiger partial charge in [0.2, 0.25) is 5.91 Å². The number of benzene rings is 1. The molecule has 1 heterocycles. The maximum absolute atomic E-state index is 12.8. The van der Waals surface area contributed by atoms with Crippen LogP contribution in [-0.4, -0.2) is 10.9 Å². The smallest absolute Gasteiger partial charge is 0.244 e. The second kappa shape index (κ2) is 7.13. The number of carbonyl (C=O) groups excluding carboxylic acids is 1. The number of hydrogen-bond donors (Lipinski definition) is 1. The molecule has 2 rings (SSSR count). The number of halogens is 1. The van der Waals surface area contributed by atoms with Crippen LogP contribution in [0.4, 0.5) is 4.39 Å². The van der Waals surface area contributed by atoms with Gasteiger partial charge < -0.3 is 5.32 Å². The van der Waals surface area contributed by atoms with E-state index in [0.29, 0.717) is 0 Å². The summed E-state index contributed by atoms with van der Waals surface area (Å²) in [4.78, 5) is 16.3. The highest BCUT2D eigenvalue weighted by Crippen LogP contribution is 2.20. The van der Waals surface area contributed by atoms with Gasteiger partial charge in [-0.3, -0.25) is 4.79 Å². The number of nitrogens with one attached hydrogen (secondary N) is 1. The third-order valence-electron chi connectivity index (χ3n) is 2.96. The van der Waals surface area contributed by atoms with Gasteiger partial charge in [-0.15, -0.1) is 11.3 Å². The minimum absolute atomic E-state index is 0.0749. The fourth-order valence-corrected chi connectivity index (χ4v) is 2.77. The van der Waals surface area contributed by atoms with Crippen molar-refractivity contribution < 1.29 is 9.18 Å². The summed E-state index contributed by atoms with van der Waals surface area (Å²) in [5, 5.41) is 5.81. The van der Waals surface area contributed by atoms with Crippen molar-refractivity contribution in [2.75, 3.05) is 0 Å². The van der Waals surface area contributed by atoms with E-state index in [1.54, 1.807) is 29.5 Å². The lowest BCUT2D eigenvalue weighted by atomic mass is 10.2. The number of rotatable bonds is 5. The molecule has 0 aliphatic rings. The van der Waals surface area contributed by atoms with E-state index in [1.807, 2.05) is 19.2 Å². The highest BCUT2D eigenvalue weighted by Gasteiger charge is 2.14. The molecule has 1 unspecified atom stereocenters. The van der Waals surface area contributed by atoms with E-state index in [4.69, 9.17) is 0 Å². The highest BCUT2D eigenvalue weighted by atomic mass is 32.1. The van der Waals surface area contributed by atoms with Crippen LogP contribution in [-0.2, 0) is 4.79 Å². The van der Waals surface area contributed by atoms with Gasteiger partial charge in [0.15, 0.2) is 0 Å². The lowest BCUT2D eigenvalue weighted by molar-refractivity contribution is -0.117. The number of carbonyl (C=O) groups is 1. The van der Waals surface area contributed by atoms with Crippen molar-refractivity contribution >= 4 is 23.3 Å². The number of amides is 1. The third-order valence-corrected chi connectivity index (χ3v) is 4.03. The average Bonchev–Trinajstić information content (AvgIpc) is 2.90. The quantitative estimate of drug-likeness (QED) is 0.852. The molecule has 1 aromatic heterocycles. The second-order valence-corrected chi connectivity index (χ2v) is 5.57. The summed E-state index contributed by atoms with van der Waals surface area (Å²) >= 11 is 1.55. The zero-order valence-electron chi connectivity index (χ0n) is 12.0. The zero-order valence-corrected chi connectivity index (χ0v) is 12.8. The Morgan fingerprint density at radius 2 is 2.14 bits per heavy atom. The first-order valence-electron chi connectivity index (χ1n) is 6.74. The van der Waals surface area contributed by atoms with Gasteiger partial charge >= 0.3 is 0 Å². The van der Waals surface area contributed by atoms with E-state index in [9.17, 15) is 9.18 Å². The Labute approximate surface area is 127 Å². The lowest BCUT2D eigenvalue weighted by Crippen LogP contribution is -2.26. The van der Waals surface area contributed by atoms with Crippen molar-refractivity contribution in [1.29, 1.82) is 0 Å². The number of nitrogens with zero attached hydrogens (tertiary/aromatic N) is 1. The lowest BCUT2D eigenvalue weighted by Gasteiger charge is -2.12. The third kappa shape index (κ3) is 4.49. The Bertz CT molecular complexity index is 634. The minimum atomic E-state index is -0.290. The van der Waals surface area contributed by atoms with Gasteiger partial charge in [0.05, 0.1) is 6.04 Å². The summed E-state index contributed by atoms with van der Waals surface area (Å²) in [6, 6.07) is 5.91. The monoisotopic (exact) mass is 304 g/mol. The molecule has 0 radical (unpaired) electrons. The molecule has 3 nitrogen and oxygen atoms in total. The number of hydrogen-bond acceptors (Lipinski definition) is 3. The molecule has 0 aliphatic heterocycles. The number of aryl methyl sites for hydroxylation is 1. The minimum Gasteiger partial charge on any atom is -0.343 e. The van der Waals surface area contributed by atoms with Crippen LogP contribution in [0.1, 0.15) is 35.7 Å². The Balaban J connectivity index is 1.98. The molecule has 0 spiro atoms. The first-order chi connectivity index (χ1) is 10.1. The Morgan fingerprint density at radius 3 is 2.71 bits per heavy atom. The van der Waals surface area contributed by atoms with E-state index < -0.39 is 0 Å². The molecule has 0 fully saturated rings. The SMILES string of the molecule is CCC(NC(=O)/C=C/c1ccc(F)cc1)c1nc(C)cs1. The summed E-state index contributed by atoms with van der Waals surface area (Å²) in [5.41, 5.74) is 1.74. The van der Waals surface area contributed by atoms with Crippen molar-refractivity contribution in [1.82, 2.24) is 10.3 Å². The second-order valence-electron chi connectivity index (χ2n) is 4.68. The van der Waals surface area contributed by atoms with Gasteiger partial charge in [-0.25, -0.2) is 9.37 Å². The largest absolute Gasteiger partial charge is 0.343 e. The van der Waals surface area contributed by atoms with E-state index in [-0.39, 0.29) is 17.8 Å². The fourth-order valence-electron chi connectivity index (χ4n) is 1.84. The average molecular weight is 304 g/mol. The first-order valence-corrected chi connectivity index (χ1v) is 7.62. The molecule has 5 heteroatoms. The molecule has 1 N–H and O–H groups in total. The summed E-state index contributed by atoms with van der Waals surface area (Å²) in [5.74, 6) is -0.471. The van der Waals surface area contributed by atoms with Crippen molar-refractivity contribution in [2.24, 2.45) is 0 Å². The fraction of sp³-hybridized carbons (Fsp3) is 0.250. The van der Waals surface area contributed by atoms with Crippen LogP contribution in [0.2, 0.25) is 0 Å². The van der Waals surface area contributed by atoms with Crippen LogP contribution in [0.3, 0.4) is 0 Å². The number of aromatic nitrogens is 1. The summed E-state index contributed by atoms with van der Waals surface area (Å²) in [6.45, 7) is 3.94. The van der Waals surface area contributed by atoms with Gasteiger partial charge in [0, 0.05) is 17.2 Å². The molecular formula is C16H17FN2OS. The van der Waals surface area contributed by atoms with Crippen molar-refractivity contribution in [3.05, 3.63) is 57.8 Å². The summed E-state index contributed by atoms with van der Waals surface area (Å²) in [6.07, 6.45) is 3.90. The standard InChI is InChI=1S/C16H17FN2OS/c1-3-14(16-18-11(2)10-21-16)19-15(20)9-6-12-4-7-13(17)8-5-12/h4-10,14H,3H2,1-2H3,(H,19,20)/b9-6+. The van der Waals surface area contributed by atoms with Gasteiger partial charge in [-0.2, -0.15) is 0 Å². The van der Waals surface area contributed by atoms with Crippen LogP contribution >= 0.6 is 11.3 Å². The zero-order chi connectivity index (χ0) is 15.2. The Kier molecular flexibility index (Phi) is 5.22. The number of thiazole rings is 1. The molecule has 1 amide bonds. The Hall–Kier alpha value is -2.01. The van der Waals surface area contributed by atoms with E-state index in [1.165, 1.54) is 18.2 Å².